The lowest BCUT2D eigenvalue weighted by atomic mass is 10.1. The summed E-state index contributed by atoms with van der Waals surface area (Å²) in [5.41, 5.74) is -1.25. The first-order valence-corrected chi connectivity index (χ1v) is 5.65. The Morgan fingerprint density at radius 2 is 2.25 bits per heavy atom. The second-order valence-corrected chi connectivity index (χ2v) is 4.88. The molecule has 0 saturated heterocycles. The van der Waals surface area contributed by atoms with Crippen LogP contribution in [0.4, 0.5) is 5.69 Å². The van der Waals surface area contributed by atoms with E-state index in [0.717, 1.165) is 4.47 Å². The Bertz CT molecular complexity index is 409. The minimum Gasteiger partial charge on any atom is -0.479 e. The number of aliphatic carboxylic acids is 1. The highest BCUT2D eigenvalue weighted by atomic mass is 79.9. The van der Waals surface area contributed by atoms with Crippen LogP contribution >= 0.6 is 27.5 Å². The summed E-state index contributed by atoms with van der Waals surface area (Å²) in [7, 11) is 0. The highest BCUT2D eigenvalue weighted by molar-refractivity contribution is 9.10. The second-order valence-electron chi connectivity index (χ2n) is 3.56. The lowest BCUT2D eigenvalue weighted by molar-refractivity contribution is -0.155. The summed E-state index contributed by atoms with van der Waals surface area (Å²) < 4.78 is 0.827. The molecule has 0 fully saturated rings. The largest absolute Gasteiger partial charge is 0.479 e. The molecule has 0 aliphatic heterocycles. The minimum absolute atomic E-state index is 0.121. The average Bonchev–Trinajstić information content (AvgIpc) is 2.16. The third-order valence-corrected chi connectivity index (χ3v) is 2.82. The van der Waals surface area contributed by atoms with Crippen molar-refractivity contribution in [1.82, 2.24) is 0 Å². The molecular formula is C10H11BrClNO3. The molecule has 0 radical (unpaired) electrons. The van der Waals surface area contributed by atoms with E-state index in [1.54, 1.807) is 18.2 Å². The summed E-state index contributed by atoms with van der Waals surface area (Å²) in [6.45, 7) is 1.10. The molecule has 0 saturated carbocycles. The van der Waals surface area contributed by atoms with Crippen molar-refractivity contribution in [3.8, 4) is 0 Å². The Morgan fingerprint density at radius 1 is 1.62 bits per heavy atom. The Kier molecular flexibility index (Phi) is 4.18. The molecule has 4 nitrogen and oxygen atoms in total. The molecule has 3 N–H and O–H groups in total. The highest BCUT2D eigenvalue weighted by Crippen LogP contribution is 2.25. The minimum atomic E-state index is -1.82. The van der Waals surface area contributed by atoms with E-state index in [-0.39, 0.29) is 6.54 Å². The number of carbonyl (C=O) groups is 1. The average molecular weight is 309 g/mol. The fraction of sp³-hybridized carbons (Fsp3) is 0.300. The number of nitrogens with one attached hydrogen (secondary N) is 1. The quantitative estimate of drug-likeness (QED) is 0.798. The topological polar surface area (TPSA) is 69.6 Å². The Morgan fingerprint density at radius 3 is 2.75 bits per heavy atom. The van der Waals surface area contributed by atoms with Crippen LogP contribution < -0.4 is 5.32 Å². The summed E-state index contributed by atoms with van der Waals surface area (Å²) in [5.74, 6) is -1.28. The molecule has 1 rings (SSSR count). The van der Waals surface area contributed by atoms with Gasteiger partial charge in [0, 0.05) is 4.47 Å². The Labute approximate surface area is 106 Å². The zero-order valence-corrected chi connectivity index (χ0v) is 10.8. The predicted octanol–water partition coefficient (Wildman–Crippen LogP) is 2.35. The molecule has 6 heteroatoms. The number of carboxylic acids is 1. The van der Waals surface area contributed by atoms with Crippen LogP contribution in [0.2, 0.25) is 5.02 Å². The molecule has 0 aliphatic rings. The molecule has 0 amide bonds. The van der Waals surface area contributed by atoms with E-state index >= 15 is 0 Å². The van der Waals surface area contributed by atoms with Gasteiger partial charge in [-0.1, -0.05) is 27.5 Å². The normalized spacial score (nSPS) is 14.2. The van der Waals surface area contributed by atoms with Crippen LogP contribution in [0.5, 0.6) is 0 Å². The first-order valence-electron chi connectivity index (χ1n) is 4.47. The third kappa shape index (κ3) is 3.37. The Hall–Kier alpha value is -0.780. The number of anilines is 1. The van der Waals surface area contributed by atoms with Gasteiger partial charge >= 0.3 is 5.97 Å². The highest BCUT2D eigenvalue weighted by Gasteiger charge is 2.29. The number of benzene rings is 1. The van der Waals surface area contributed by atoms with Crippen molar-refractivity contribution in [2.24, 2.45) is 0 Å². The smallest absolute Gasteiger partial charge is 0.337 e. The predicted molar refractivity (Wildman–Crippen MR) is 65.9 cm³/mol. The van der Waals surface area contributed by atoms with E-state index < -0.39 is 11.6 Å². The SMILES string of the molecule is CC(O)(CNc1ccc(Br)cc1Cl)C(=O)O. The van der Waals surface area contributed by atoms with Gasteiger partial charge in [-0.15, -0.1) is 0 Å². The maximum absolute atomic E-state index is 10.7. The van der Waals surface area contributed by atoms with E-state index in [4.69, 9.17) is 16.7 Å². The van der Waals surface area contributed by atoms with Crippen molar-refractivity contribution in [2.45, 2.75) is 12.5 Å². The molecule has 0 heterocycles. The number of rotatable bonds is 4. The van der Waals surface area contributed by atoms with Crippen molar-refractivity contribution in [3.63, 3.8) is 0 Å². The number of hydrogen-bond acceptors (Lipinski definition) is 3. The van der Waals surface area contributed by atoms with Crippen molar-refractivity contribution in [3.05, 3.63) is 27.7 Å². The van der Waals surface area contributed by atoms with Gasteiger partial charge in [-0.2, -0.15) is 0 Å². The lowest BCUT2D eigenvalue weighted by Gasteiger charge is -2.19. The van der Waals surface area contributed by atoms with Crippen molar-refractivity contribution in [2.75, 3.05) is 11.9 Å². The van der Waals surface area contributed by atoms with Crippen molar-refractivity contribution < 1.29 is 15.0 Å². The van der Waals surface area contributed by atoms with E-state index in [1.807, 2.05) is 0 Å². The standard InChI is InChI=1S/C10H11BrClNO3/c1-10(16,9(14)15)5-13-8-3-2-6(11)4-7(8)12/h2-4,13,16H,5H2,1H3,(H,14,15). The molecule has 0 aliphatic carbocycles. The maximum Gasteiger partial charge on any atom is 0.337 e. The molecule has 1 aromatic rings. The van der Waals surface area contributed by atoms with Gasteiger partial charge in [-0.25, -0.2) is 4.79 Å². The van der Waals surface area contributed by atoms with Gasteiger partial charge in [-0.3, -0.25) is 0 Å². The van der Waals surface area contributed by atoms with Crippen LogP contribution in [0.15, 0.2) is 22.7 Å². The first kappa shape index (κ1) is 13.3. The van der Waals surface area contributed by atoms with Gasteiger partial charge in [0.2, 0.25) is 0 Å². The molecular weight excluding hydrogens is 297 g/mol. The van der Waals surface area contributed by atoms with Gasteiger partial charge in [0.05, 0.1) is 17.3 Å². The number of hydrogen-bond donors (Lipinski definition) is 3. The number of aliphatic hydroxyl groups is 1. The molecule has 1 atom stereocenters. The fourth-order valence-corrected chi connectivity index (χ4v) is 1.72. The van der Waals surface area contributed by atoms with Crippen LogP contribution in [-0.2, 0) is 4.79 Å². The summed E-state index contributed by atoms with van der Waals surface area (Å²) in [4.78, 5) is 10.7. The van der Waals surface area contributed by atoms with Gasteiger partial charge in [0.15, 0.2) is 5.60 Å². The van der Waals surface area contributed by atoms with Crippen LogP contribution in [0.25, 0.3) is 0 Å². The number of halogens is 2. The monoisotopic (exact) mass is 307 g/mol. The summed E-state index contributed by atoms with van der Waals surface area (Å²) in [5, 5.41) is 21.4. The van der Waals surface area contributed by atoms with E-state index in [2.05, 4.69) is 21.2 Å². The molecule has 16 heavy (non-hydrogen) atoms. The molecule has 88 valence electrons. The maximum atomic E-state index is 10.7. The molecule has 0 aromatic heterocycles. The van der Waals surface area contributed by atoms with Crippen molar-refractivity contribution in [1.29, 1.82) is 0 Å². The van der Waals surface area contributed by atoms with Crippen molar-refractivity contribution >= 4 is 39.2 Å². The summed E-state index contributed by atoms with van der Waals surface area (Å²) in [6.07, 6.45) is 0. The van der Waals surface area contributed by atoms with E-state index in [9.17, 15) is 9.90 Å². The van der Waals surface area contributed by atoms with Crippen LogP contribution in [-0.4, -0.2) is 28.3 Å². The number of carboxylic acid groups (broad SMARTS) is 1. The van der Waals surface area contributed by atoms with Crippen LogP contribution in [0.1, 0.15) is 6.92 Å². The summed E-state index contributed by atoms with van der Waals surface area (Å²) >= 11 is 9.17. The fourth-order valence-electron chi connectivity index (χ4n) is 0.976. The van der Waals surface area contributed by atoms with E-state index in [1.165, 1.54) is 6.92 Å². The van der Waals surface area contributed by atoms with E-state index in [0.29, 0.717) is 10.7 Å². The molecule has 0 spiro atoms. The summed E-state index contributed by atoms with van der Waals surface area (Å²) in [6, 6.07) is 5.15. The first-order chi connectivity index (χ1) is 7.33. The van der Waals surface area contributed by atoms with Gasteiger partial charge in [0.1, 0.15) is 0 Å². The second kappa shape index (κ2) is 5.03. The molecule has 0 bridgehead atoms. The van der Waals surface area contributed by atoms with Gasteiger partial charge in [0.25, 0.3) is 0 Å². The van der Waals surface area contributed by atoms with Gasteiger partial charge < -0.3 is 15.5 Å². The van der Waals surface area contributed by atoms with Crippen LogP contribution in [0.3, 0.4) is 0 Å². The zero-order chi connectivity index (χ0) is 12.3. The third-order valence-electron chi connectivity index (χ3n) is 2.01. The van der Waals surface area contributed by atoms with Gasteiger partial charge in [-0.05, 0) is 25.1 Å². The lowest BCUT2D eigenvalue weighted by Crippen LogP contribution is -2.41. The van der Waals surface area contributed by atoms with Crippen LogP contribution in [0, 0.1) is 0 Å². The Balaban J connectivity index is 2.72. The zero-order valence-electron chi connectivity index (χ0n) is 8.50. The molecule has 1 unspecified atom stereocenters. The molecule has 1 aromatic carbocycles.